The van der Waals surface area contributed by atoms with E-state index in [2.05, 4.69) is 5.10 Å². The lowest BCUT2D eigenvalue weighted by atomic mass is 10.2. The van der Waals surface area contributed by atoms with E-state index in [1.807, 2.05) is 14.0 Å². The third-order valence-corrected chi connectivity index (χ3v) is 2.30. The van der Waals surface area contributed by atoms with E-state index in [0.29, 0.717) is 11.4 Å². The van der Waals surface area contributed by atoms with Gasteiger partial charge in [0.1, 0.15) is 0 Å². The Bertz CT molecular complexity index is 329. The normalized spacial score (nSPS) is 10.4. The monoisotopic (exact) mass is 200 g/mol. The molecule has 3 N–H and O–H groups in total. The van der Waals surface area contributed by atoms with Crippen molar-refractivity contribution in [2.24, 2.45) is 12.8 Å². The van der Waals surface area contributed by atoms with E-state index in [0.717, 1.165) is 17.8 Å². The number of hydrogen-bond donors (Lipinski definition) is 2. The summed E-state index contributed by atoms with van der Waals surface area (Å²) in [6.45, 7) is 1.99. The number of aryl methyl sites for hydroxylation is 2. The molecule has 0 radical (unpaired) electrons. The number of nitrogens with zero attached hydrogens (tertiary/aromatic N) is 2. The van der Waals surface area contributed by atoms with Gasteiger partial charge in [0.15, 0.2) is 0 Å². The summed E-state index contributed by atoms with van der Waals surface area (Å²) < 4.78 is 1.68. The van der Waals surface area contributed by atoms with Gasteiger partial charge >= 0.3 is 0 Å². The van der Waals surface area contributed by atoms with Gasteiger partial charge in [-0.1, -0.05) is 18.5 Å². The van der Waals surface area contributed by atoms with Crippen molar-refractivity contribution in [1.29, 1.82) is 5.41 Å². The Labute approximate surface area is 82.2 Å². The van der Waals surface area contributed by atoms with Crippen LogP contribution in [0.25, 0.3) is 0 Å². The van der Waals surface area contributed by atoms with Crippen LogP contribution in [-0.2, 0) is 19.9 Å². The first kappa shape index (κ1) is 10.1. The van der Waals surface area contributed by atoms with Crippen LogP contribution in [-0.4, -0.2) is 15.6 Å². The zero-order chi connectivity index (χ0) is 10.0. The van der Waals surface area contributed by atoms with Crippen LogP contribution in [0.5, 0.6) is 0 Å². The molecule has 0 aliphatic rings. The molecule has 0 amide bonds. The standard InChI is InChI=1S/C8H13ClN4/c1-3-5-8(9)6(4-7(10)11)13(2)12-5/h3-4H2,1-2H3,(H3,10,11). The minimum absolute atomic E-state index is 0.104. The van der Waals surface area contributed by atoms with Gasteiger partial charge in [0.05, 0.1) is 22.2 Å². The van der Waals surface area contributed by atoms with Crippen molar-refractivity contribution in [3.63, 3.8) is 0 Å². The van der Waals surface area contributed by atoms with E-state index in [-0.39, 0.29) is 5.84 Å². The van der Waals surface area contributed by atoms with Crippen molar-refractivity contribution in [1.82, 2.24) is 9.78 Å². The molecule has 0 unspecified atom stereocenters. The lowest BCUT2D eigenvalue weighted by molar-refractivity contribution is 0.715. The van der Waals surface area contributed by atoms with Gasteiger partial charge in [-0.2, -0.15) is 5.10 Å². The SMILES string of the molecule is CCc1nn(C)c(CC(=N)N)c1Cl. The molecule has 1 aromatic rings. The summed E-state index contributed by atoms with van der Waals surface area (Å²) in [5.41, 5.74) is 6.97. The molecule has 1 aromatic heterocycles. The predicted molar refractivity (Wildman–Crippen MR) is 53.2 cm³/mol. The molecule has 0 bridgehead atoms. The summed E-state index contributed by atoms with van der Waals surface area (Å²) in [7, 11) is 1.81. The Morgan fingerprint density at radius 3 is 2.69 bits per heavy atom. The Balaban J connectivity index is 3.05. The molecule has 0 saturated carbocycles. The van der Waals surface area contributed by atoms with Crippen LogP contribution in [0, 0.1) is 5.41 Å². The molecule has 72 valence electrons. The number of aromatic nitrogens is 2. The average Bonchev–Trinajstić information content (AvgIpc) is 2.31. The molecular weight excluding hydrogens is 188 g/mol. The van der Waals surface area contributed by atoms with Crippen molar-refractivity contribution >= 4 is 17.4 Å². The van der Waals surface area contributed by atoms with Crippen molar-refractivity contribution < 1.29 is 0 Å². The molecule has 1 heterocycles. The molecular formula is C8H13ClN4. The Kier molecular flexibility index (Phi) is 2.93. The summed E-state index contributed by atoms with van der Waals surface area (Å²) in [6, 6.07) is 0. The summed E-state index contributed by atoms with van der Waals surface area (Å²) in [5.74, 6) is 0.104. The number of nitrogens with one attached hydrogen (secondary N) is 1. The van der Waals surface area contributed by atoms with E-state index in [9.17, 15) is 0 Å². The van der Waals surface area contributed by atoms with Gasteiger partial charge in [0.25, 0.3) is 0 Å². The first-order valence-electron chi connectivity index (χ1n) is 4.09. The first-order chi connectivity index (χ1) is 6.06. The van der Waals surface area contributed by atoms with Crippen LogP contribution in [0.4, 0.5) is 0 Å². The second kappa shape index (κ2) is 3.79. The van der Waals surface area contributed by atoms with Gasteiger partial charge in [0, 0.05) is 13.5 Å². The molecule has 0 aliphatic heterocycles. The molecule has 0 atom stereocenters. The molecule has 4 nitrogen and oxygen atoms in total. The highest BCUT2D eigenvalue weighted by Crippen LogP contribution is 2.20. The van der Waals surface area contributed by atoms with Crippen LogP contribution in [0.2, 0.25) is 5.02 Å². The minimum atomic E-state index is 0.104. The largest absolute Gasteiger partial charge is 0.387 e. The number of hydrogen-bond acceptors (Lipinski definition) is 2. The molecule has 1 rings (SSSR count). The van der Waals surface area contributed by atoms with Gasteiger partial charge in [-0.15, -0.1) is 0 Å². The zero-order valence-electron chi connectivity index (χ0n) is 7.76. The maximum absolute atomic E-state index is 7.17. The van der Waals surface area contributed by atoms with Crippen LogP contribution < -0.4 is 5.73 Å². The molecule has 5 heteroatoms. The van der Waals surface area contributed by atoms with Crippen LogP contribution in [0.15, 0.2) is 0 Å². The lowest BCUT2D eigenvalue weighted by Crippen LogP contribution is -2.15. The van der Waals surface area contributed by atoms with Crippen molar-refractivity contribution in [3.8, 4) is 0 Å². The van der Waals surface area contributed by atoms with Gasteiger partial charge in [-0.3, -0.25) is 10.1 Å². The highest BCUT2D eigenvalue weighted by atomic mass is 35.5. The Morgan fingerprint density at radius 1 is 1.69 bits per heavy atom. The summed E-state index contributed by atoms with van der Waals surface area (Å²) in [6.07, 6.45) is 1.16. The number of amidine groups is 1. The van der Waals surface area contributed by atoms with Crippen molar-refractivity contribution in [2.45, 2.75) is 19.8 Å². The third kappa shape index (κ3) is 2.01. The van der Waals surface area contributed by atoms with Gasteiger partial charge in [0.2, 0.25) is 0 Å². The molecule has 13 heavy (non-hydrogen) atoms. The topological polar surface area (TPSA) is 67.7 Å². The maximum Gasteiger partial charge on any atom is 0.0966 e. The fourth-order valence-corrected chi connectivity index (χ4v) is 1.55. The van der Waals surface area contributed by atoms with Crippen LogP contribution in [0.1, 0.15) is 18.3 Å². The predicted octanol–water partition coefficient (Wildman–Crippen LogP) is 1.11. The van der Waals surface area contributed by atoms with Crippen molar-refractivity contribution in [3.05, 3.63) is 16.4 Å². The Hall–Kier alpha value is -1.03. The van der Waals surface area contributed by atoms with E-state index in [4.69, 9.17) is 22.7 Å². The van der Waals surface area contributed by atoms with Crippen LogP contribution >= 0.6 is 11.6 Å². The zero-order valence-corrected chi connectivity index (χ0v) is 8.52. The molecule has 0 aromatic carbocycles. The fraction of sp³-hybridized carbons (Fsp3) is 0.500. The van der Waals surface area contributed by atoms with Gasteiger partial charge in [-0.05, 0) is 6.42 Å². The Morgan fingerprint density at radius 2 is 2.31 bits per heavy atom. The molecule has 0 spiro atoms. The third-order valence-electron chi connectivity index (χ3n) is 1.86. The van der Waals surface area contributed by atoms with Crippen LogP contribution in [0.3, 0.4) is 0 Å². The summed E-state index contributed by atoms with van der Waals surface area (Å²) in [4.78, 5) is 0. The highest BCUT2D eigenvalue weighted by Gasteiger charge is 2.12. The summed E-state index contributed by atoms with van der Waals surface area (Å²) in [5, 5.41) is 12.0. The number of rotatable bonds is 3. The number of nitrogens with two attached hydrogens (primary N) is 1. The van der Waals surface area contributed by atoms with Gasteiger partial charge < -0.3 is 5.73 Å². The number of halogens is 1. The smallest absolute Gasteiger partial charge is 0.0966 e. The van der Waals surface area contributed by atoms with E-state index in [1.54, 1.807) is 4.68 Å². The second-order valence-corrected chi connectivity index (χ2v) is 3.26. The lowest BCUT2D eigenvalue weighted by Gasteiger charge is -1.99. The van der Waals surface area contributed by atoms with Gasteiger partial charge in [-0.25, -0.2) is 0 Å². The summed E-state index contributed by atoms with van der Waals surface area (Å²) >= 11 is 6.04. The quantitative estimate of drug-likeness (QED) is 0.567. The maximum atomic E-state index is 7.17. The molecule has 0 aliphatic carbocycles. The average molecular weight is 201 g/mol. The fourth-order valence-electron chi connectivity index (χ4n) is 1.19. The van der Waals surface area contributed by atoms with E-state index < -0.39 is 0 Å². The second-order valence-electron chi connectivity index (χ2n) is 2.89. The van der Waals surface area contributed by atoms with E-state index >= 15 is 0 Å². The van der Waals surface area contributed by atoms with Crippen molar-refractivity contribution in [2.75, 3.05) is 0 Å². The highest BCUT2D eigenvalue weighted by molar-refractivity contribution is 6.32. The first-order valence-corrected chi connectivity index (χ1v) is 4.47. The molecule has 0 fully saturated rings. The minimum Gasteiger partial charge on any atom is -0.387 e. The molecule has 0 saturated heterocycles. The van der Waals surface area contributed by atoms with E-state index in [1.165, 1.54) is 0 Å².